The van der Waals surface area contributed by atoms with Gasteiger partial charge in [-0.2, -0.15) is 0 Å². The number of imide groups is 1. The first-order valence-electron chi connectivity index (χ1n) is 5.95. The van der Waals surface area contributed by atoms with Gasteiger partial charge in [-0.1, -0.05) is 23.7 Å². The number of benzene rings is 1. The number of hydrogen-bond donors (Lipinski definition) is 1. The summed E-state index contributed by atoms with van der Waals surface area (Å²) >= 11 is 5.83. The number of hydrogen-bond acceptors (Lipinski definition) is 2. The molecular formula is C13H15ClN2O2. The molecule has 2 rings (SSSR count). The van der Waals surface area contributed by atoms with Gasteiger partial charge in [-0.3, -0.25) is 9.69 Å². The van der Waals surface area contributed by atoms with Gasteiger partial charge in [0.25, 0.3) is 0 Å². The number of carbonyl (C=O) groups is 2. The maximum absolute atomic E-state index is 11.8. The highest BCUT2D eigenvalue weighted by molar-refractivity contribution is 6.30. The van der Waals surface area contributed by atoms with Gasteiger partial charge in [-0.15, -0.1) is 0 Å². The van der Waals surface area contributed by atoms with Crippen molar-refractivity contribution in [3.8, 4) is 0 Å². The van der Waals surface area contributed by atoms with E-state index < -0.39 is 0 Å². The Morgan fingerprint density at radius 3 is 2.72 bits per heavy atom. The fraction of sp³-hybridized carbons (Fsp3) is 0.385. The Kier molecular flexibility index (Phi) is 3.87. The van der Waals surface area contributed by atoms with E-state index >= 15 is 0 Å². The minimum atomic E-state index is -0.307. The zero-order valence-corrected chi connectivity index (χ0v) is 10.9. The molecule has 0 spiro atoms. The molecule has 0 bridgehead atoms. The molecule has 0 aromatic heterocycles. The molecule has 1 fully saturated rings. The van der Waals surface area contributed by atoms with E-state index in [-0.39, 0.29) is 17.9 Å². The molecule has 1 N–H and O–H groups in total. The van der Waals surface area contributed by atoms with Crippen molar-refractivity contribution in [2.24, 2.45) is 0 Å². The SMILES string of the molecule is CCNC(=O)N1CC(c2ccc(Cl)cc2)CC1=O. The molecule has 5 heteroatoms. The lowest BCUT2D eigenvalue weighted by Gasteiger charge is -2.15. The molecule has 0 saturated carbocycles. The summed E-state index contributed by atoms with van der Waals surface area (Å²) in [6.07, 6.45) is 0.374. The van der Waals surface area contributed by atoms with E-state index in [9.17, 15) is 9.59 Å². The molecule has 1 aliphatic heterocycles. The standard InChI is InChI=1S/C13H15ClN2O2/c1-2-15-13(18)16-8-10(7-12(16)17)9-3-5-11(14)6-4-9/h3-6,10H,2,7-8H2,1H3,(H,15,18). The Morgan fingerprint density at radius 1 is 1.44 bits per heavy atom. The largest absolute Gasteiger partial charge is 0.338 e. The Balaban J connectivity index is 2.08. The summed E-state index contributed by atoms with van der Waals surface area (Å²) < 4.78 is 0. The number of nitrogens with zero attached hydrogens (tertiary/aromatic N) is 1. The summed E-state index contributed by atoms with van der Waals surface area (Å²) in [5.41, 5.74) is 1.04. The first kappa shape index (κ1) is 12.9. The van der Waals surface area contributed by atoms with Gasteiger partial charge in [-0.25, -0.2) is 4.79 Å². The van der Waals surface area contributed by atoms with E-state index in [2.05, 4.69) is 5.32 Å². The van der Waals surface area contributed by atoms with Crippen molar-refractivity contribution in [3.05, 3.63) is 34.9 Å². The zero-order chi connectivity index (χ0) is 13.1. The third-order valence-corrected chi connectivity index (χ3v) is 3.29. The molecule has 1 aliphatic rings. The number of rotatable bonds is 2. The Bertz CT molecular complexity index is 459. The maximum atomic E-state index is 11.8. The van der Waals surface area contributed by atoms with Crippen molar-refractivity contribution in [2.75, 3.05) is 13.1 Å². The smallest absolute Gasteiger partial charge is 0.324 e. The summed E-state index contributed by atoms with van der Waals surface area (Å²) in [4.78, 5) is 24.7. The predicted octanol–water partition coefficient (Wildman–Crippen LogP) is 2.39. The van der Waals surface area contributed by atoms with Crippen LogP contribution in [-0.4, -0.2) is 29.9 Å². The lowest BCUT2D eigenvalue weighted by Crippen LogP contribution is -2.40. The summed E-state index contributed by atoms with van der Waals surface area (Å²) in [5, 5.41) is 3.31. The molecule has 4 nitrogen and oxygen atoms in total. The van der Waals surface area contributed by atoms with E-state index in [0.29, 0.717) is 24.5 Å². The van der Waals surface area contributed by atoms with E-state index in [1.54, 1.807) is 12.1 Å². The van der Waals surface area contributed by atoms with Crippen molar-refractivity contribution in [2.45, 2.75) is 19.3 Å². The number of carbonyl (C=O) groups excluding carboxylic acids is 2. The molecule has 1 heterocycles. The van der Waals surface area contributed by atoms with Crippen LogP contribution in [0.4, 0.5) is 4.79 Å². The molecule has 1 atom stereocenters. The van der Waals surface area contributed by atoms with Crippen molar-refractivity contribution < 1.29 is 9.59 Å². The van der Waals surface area contributed by atoms with Crippen LogP contribution in [0.1, 0.15) is 24.8 Å². The van der Waals surface area contributed by atoms with Gasteiger partial charge < -0.3 is 5.32 Å². The Morgan fingerprint density at radius 2 is 2.11 bits per heavy atom. The van der Waals surface area contributed by atoms with Gasteiger partial charge in [0.05, 0.1) is 0 Å². The summed E-state index contributed by atoms with van der Waals surface area (Å²) in [7, 11) is 0. The molecule has 18 heavy (non-hydrogen) atoms. The normalized spacial score (nSPS) is 19.1. The first-order valence-corrected chi connectivity index (χ1v) is 6.33. The van der Waals surface area contributed by atoms with Gasteiger partial charge in [0, 0.05) is 30.5 Å². The summed E-state index contributed by atoms with van der Waals surface area (Å²) in [6, 6.07) is 7.11. The second kappa shape index (κ2) is 5.40. The molecule has 96 valence electrons. The molecular weight excluding hydrogens is 252 g/mol. The van der Waals surface area contributed by atoms with Crippen LogP contribution in [-0.2, 0) is 4.79 Å². The Hall–Kier alpha value is -1.55. The highest BCUT2D eigenvalue weighted by Crippen LogP contribution is 2.28. The quantitative estimate of drug-likeness (QED) is 0.894. The van der Waals surface area contributed by atoms with Crippen LogP contribution in [0.2, 0.25) is 5.02 Å². The summed E-state index contributed by atoms with van der Waals surface area (Å²) in [6.45, 7) is 2.79. The predicted molar refractivity (Wildman–Crippen MR) is 69.6 cm³/mol. The van der Waals surface area contributed by atoms with Gasteiger partial charge in [0.2, 0.25) is 5.91 Å². The van der Waals surface area contributed by atoms with Crippen LogP contribution in [0, 0.1) is 0 Å². The fourth-order valence-corrected chi connectivity index (χ4v) is 2.23. The van der Waals surface area contributed by atoms with E-state index in [4.69, 9.17) is 11.6 Å². The van der Waals surface area contributed by atoms with E-state index in [1.807, 2.05) is 19.1 Å². The van der Waals surface area contributed by atoms with E-state index in [1.165, 1.54) is 4.90 Å². The van der Waals surface area contributed by atoms with Crippen LogP contribution in [0.3, 0.4) is 0 Å². The van der Waals surface area contributed by atoms with Gasteiger partial charge in [-0.05, 0) is 24.6 Å². The molecule has 1 aromatic carbocycles. The molecule has 0 aliphatic carbocycles. The van der Waals surface area contributed by atoms with Crippen LogP contribution >= 0.6 is 11.6 Å². The third-order valence-electron chi connectivity index (χ3n) is 3.04. The third kappa shape index (κ3) is 2.64. The van der Waals surface area contributed by atoms with Gasteiger partial charge in [0.1, 0.15) is 0 Å². The van der Waals surface area contributed by atoms with E-state index in [0.717, 1.165) is 5.56 Å². The van der Waals surface area contributed by atoms with Gasteiger partial charge >= 0.3 is 6.03 Å². The topological polar surface area (TPSA) is 49.4 Å². The molecule has 1 unspecified atom stereocenters. The highest BCUT2D eigenvalue weighted by Gasteiger charge is 2.34. The van der Waals surface area contributed by atoms with Gasteiger partial charge in [0.15, 0.2) is 0 Å². The number of amides is 3. The molecule has 1 saturated heterocycles. The molecule has 3 amide bonds. The van der Waals surface area contributed by atoms with Crippen LogP contribution < -0.4 is 5.32 Å². The minimum absolute atomic E-state index is 0.0670. The average Bonchev–Trinajstić information content (AvgIpc) is 2.72. The van der Waals surface area contributed by atoms with Crippen molar-refractivity contribution in [1.82, 2.24) is 10.2 Å². The second-order valence-corrected chi connectivity index (χ2v) is 4.73. The number of nitrogens with one attached hydrogen (secondary N) is 1. The van der Waals surface area contributed by atoms with Crippen molar-refractivity contribution in [1.29, 1.82) is 0 Å². The van der Waals surface area contributed by atoms with Crippen LogP contribution in [0.15, 0.2) is 24.3 Å². The minimum Gasteiger partial charge on any atom is -0.338 e. The number of likely N-dealkylation sites (tertiary alicyclic amines) is 1. The van der Waals surface area contributed by atoms with Crippen LogP contribution in [0.25, 0.3) is 0 Å². The maximum Gasteiger partial charge on any atom is 0.324 e. The monoisotopic (exact) mass is 266 g/mol. The van der Waals surface area contributed by atoms with Crippen molar-refractivity contribution in [3.63, 3.8) is 0 Å². The van der Waals surface area contributed by atoms with Crippen molar-refractivity contribution >= 4 is 23.5 Å². The zero-order valence-electron chi connectivity index (χ0n) is 10.1. The Labute approximate surface area is 111 Å². The number of halogens is 1. The lowest BCUT2D eigenvalue weighted by molar-refractivity contribution is -0.125. The lowest BCUT2D eigenvalue weighted by atomic mass is 9.98. The fourth-order valence-electron chi connectivity index (χ4n) is 2.11. The summed E-state index contributed by atoms with van der Waals surface area (Å²) in [5.74, 6) is -0.0572. The number of urea groups is 1. The molecule has 0 radical (unpaired) electrons. The van der Waals surface area contributed by atoms with Crippen LogP contribution in [0.5, 0.6) is 0 Å². The second-order valence-electron chi connectivity index (χ2n) is 4.29. The average molecular weight is 267 g/mol. The highest BCUT2D eigenvalue weighted by atomic mass is 35.5. The first-order chi connectivity index (χ1) is 8.61. The molecule has 1 aromatic rings.